The van der Waals surface area contributed by atoms with E-state index in [1.807, 2.05) is 24.3 Å². The molecule has 0 unspecified atom stereocenters. The van der Waals surface area contributed by atoms with Gasteiger partial charge in [0.15, 0.2) is 5.71 Å². The maximum absolute atomic E-state index is 13.2. The number of unbranched alkanes of at least 4 members (excludes halogenated alkanes) is 1. The summed E-state index contributed by atoms with van der Waals surface area (Å²) in [5.74, 6) is -0.154. The van der Waals surface area contributed by atoms with Gasteiger partial charge in [-0.3, -0.25) is 9.59 Å². The van der Waals surface area contributed by atoms with Crippen LogP contribution in [0, 0.1) is 0 Å². The van der Waals surface area contributed by atoms with Crippen LogP contribution >= 0.6 is 11.3 Å². The highest BCUT2D eigenvalue weighted by Gasteiger charge is 2.33. The van der Waals surface area contributed by atoms with Gasteiger partial charge in [0.05, 0.1) is 11.1 Å². The summed E-state index contributed by atoms with van der Waals surface area (Å²) in [6.07, 6.45) is 7.56. The summed E-state index contributed by atoms with van der Waals surface area (Å²) < 4.78 is 1.25. The van der Waals surface area contributed by atoms with Crippen molar-refractivity contribution in [2.75, 3.05) is 11.4 Å². The number of fused-ring (bicyclic) bond motifs is 4. The lowest BCUT2D eigenvalue weighted by atomic mass is 9.97. The first-order valence-electron chi connectivity index (χ1n) is 10.2. The molecule has 148 valence electrons. The van der Waals surface area contributed by atoms with Crippen LogP contribution in [0.1, 0.15) is 48.6 Å². The van der Waals surface area contributed by atoms with Crippen LogP contribution in [0.2, 0.25) is 0 Å². The van der Waals surface area contributed by atoms with Crippen LogP contribution in [0.25, 0.3) is 10.2 Å². The van der Waals surface area contributed by atoms with Gasteiger partial charge in [0.1, 0.15) is 11.2 Å². The van der Waals surface area contributed by atoms with Crippen LogP contribution in [-0.2, 0) is 17.6 Å². The van der Waals surface area contributed by atoms with E-state index in [1.54, 1.807) is 16.2 Å². The van der Waals surface area contributed by atoms with Crippen molar-refractivity contribution in [2.45, 2.75) is 45.4 Å². The van der Waals surface area contributed by atoms with Crippen molar-refractivity contribution < 1.29 is 4.79 Å². The maximum Gasteiger partial charge on any atom is 0.282 e. The number of aromatic nitrogens is 2. The van der Waals surface area contributed by atoms with Crippen molar-refractivity contribution in [3.63, 3.8) is 0 Å². The van der Waals surface area contributed by atoms with E-state index in [-0.39, 0.29) is 11.5 Å². The number of nitrogens with zero attached hydrogens (tertiary/aromatic N) is 4. The van der Waals surface area contributed by atoms with E-state index < -0.39 is 0 Å². The normalized spacial score (nSPS) is 17.2. The molecule has 6 nitrogen and oxygen atoms in total. The lowest BCUT2D eigenvalue weighted by molar-refractivity contribution is -0.112. The van der Waals surface area contributed by atoms with E-state index in [0.717, 1.165) is 60.2 Å². The molecule has 0 saturated heterocycles. The summed E-state index contributed by atoms with van der Waals surface area (Å²) in [5.41, 5.74) is 2.89. The molecule has 5 rings (SSSR count). The first-order chi connectivity index (χ1) is 14.2. The zero-order valence-corrected chi connectivity index (χ0v) is 17.2. The third kappa shape index (κ3) is 2.92. The number of thiophene rings is 1. The summed E-state index contributed by atoms with van der Waals surface area (Å²) >= 11 is 1.62. The van der Waals surface area contributed by atoms with Crippen molar-refractivity contribution in [1.29, 1.82) is 0 Å². The molecule has 2 aliphatic rings. The van der Waals surface area contributed by atoms with Gasteiger partial charge in [-0.05, 0) is 43.7 Å². The molecule has 0 fully saturated rings. The van der Waals surface area contributed by atoms with Gasteiger partial charge >= 0.3 is 0 Å². The third-order valence-electron chi connectivity index (χ3n) is 5.70. The molecule has 0 saturated carbocycles. The van der Waals surface area contributed by atoms with Crippen molar-refractivity contribution in [3.8, 4) is 0 Å². The fraction of sp³-hybridized carbons (Fsp3) is 0.364. The van der Waals surface area contributed by atoms with E-state index in [2.05, 4.69) is 17.0 Å². The van der Waals surface area contributed by atoms with E-state index in [1.165, 1.54) is 15.9 Å². The quantitative estimate of drug-likeness (QED) is 0.663. The second-order valence-electron chi connectivity index (χ2n) is 7.56. The average Bonchev–Trinajstić information content (AvgIpc) is 3.24. The number of anilines is 1. The molecule has 1 aliphatic carbocycles. The Balaban J connectivity index is 1.63. The fourth-order valence-electron chi connectivity index (χ4n) is 4.21. The number of aryl methyl sites for hydroxylation is 2. The first kappa shape index (κ1) is 18.2. The van der Waals surface area contributed by atoms with E-state index in [0.29, 0.717) is 17.6 Å². The third-order valence-corrected chi connectivity index (χ3v) is 6.90. The van der Waals surface area contributed by atoms with Gasteiger partial charge in [-0.1, -0.05) is 31.5 Å². The number of hydrogen-bond acceptors (Lipinski definition) is 5. The Morgan fingerprint density at radius 1 is 1.17 bits per heavy atom. The highest BCUT2D eigenvalue weighted by Crippen LogP contribution is 2.33. The van der Waals surface area contributed by atoms with Gasteiger partial charge in [0.2, 0.25) is 0 Å². The molecule has 0 N–H and O–H groups in total. The van der Waals surface area contributed by atoms with Gasteiger partial charge in [-0.15, -0.1) is 11.3 Å². The fourth-order valence-corrected chi connectivity index (χ4v) is 5.43. The Bertz CT molecular complexity index is 1210. The Morgan fingerprint density at radius 2 is 2.00 bits per heavy atom. The van der Waals surface area contributed by atoms with E-state index >= 15 is 0 Å². The van der Waals surface area contributed by atoms with E-state index in [9.17, 15) is 9.59 Å². The topological polar surface area (TPSA) is 67.6 Å². The maximum atomic E-state index is 13.2. The molecule has 0 radical (unpaired) electrons. The zero-order chi connectivity index (χ0) is 20.0. The van der Waals surface area contributed by atoms with E-state index in [4.69, 9.17) is 0 Å². The number of benzene rings is 1. The highest BCUT2D eigenvalue weighted by molar-refractivity contribution is 7.18. The van der Waals surface area contributed by atoms with Crippen LogP contribution in [0.3, 0.4) is 0 Å². The second kappa shape index (κ2) is 7.22. The molecule has 3 heterocycles. The van der Waals surface area contributed by atoms with Crippen LogP contribution in [0.5, 0.6) is 0 Å². The lowest BCUT2D eigenvalue weighted by Crippen LogP contribution is -2.32. The summed E-state index contributed by atoms with van der Waals surface area (Å²) in [4.78, 5) is 34.6. The van der Waals surface area contributed by atoms with Gasteiger partial charge < -0.3 is 4.90 Å². The minimum atomic E-state index is -0.181. The molecule has 0 bridgehead atoms. The van der Waals surface area contributed by atoms with Crippen molar-refractivity contribution >= 4 is 38.9 Å². The minimum absolute atomic E-state index is 0.154. The van der Waals surface area contributed by atoms with Crippen molar-refractivity contribution in [3.05, 3.63) is 57.0 Å². The predicted octanol–water partition coefficient (Wildman–Crippen LogP) is 3.74. The summed E-state index contributed by atoms with van der Waals surface area (Å²) in [7, 11) is 0. The molecule has 0 spiro atoms. The SMILES string of the molecule is CCCCN1C(=O)C(=Nn2cnc3sc4c(c3c2=O)CCCC4)c2ccccc21. The van der Waals surface area contributed by atoms with Gasteiger partial charge in [0.25, 0.3) is 11.5 Å². The Hall–Kier alpha value is -2.80. The monoisotopic (exact) mass is 406 g/mol. The standard InChI is InChI=1S/C22H22N4O2S/c1-2-3-12-25-16-10-6-4-8-14(16)19(22(25)28)24-26-13-23-20-18(21(26)27)15-9-5-7-11-17(15)29-20/h4,6,8,10,13H,2-3,5,7,9,11-12H2,1H3. The van der Waals surface area contributed by atoms with Crippen LogP contribution in [0.4, 0.5) is 5.69 Å². The first-order valence-corrected chi connectivity index (χ1v) is 11.0. The molecule has 3 aromatic rings. The molecule has 1 aromatic carbocycles. The molecule has 1 aliphatic heterocycles. The molecule has 2 aromatic heterocycles. The Labute approximate surface area is 172 Å². The molecular weight excluding hydrogens is 384 g/mol. The predicted molar refractivity (Wildman–Crippen MR) is 116 cm³/mol. The lowest BCUT2D eigenvalue weighted by Gasteiger charge is -2.15. The second-order valence-corrected chi connectivity index (χ2v) is 8.65. The number of carbonyl (C=O) groups excluding carboxylic acids is 1. The molecular formula is C22H22N4O2S. The number of hydrogen-bond donors (Lipinski definition) is 0. The Kier molecular flexibility index (Phi) is 4.54. The summed E-state index contributed by atoms with van der Waals surface area (Å²) in [6.45, 7) is 2.75. The molecule has 29 heavy (non-hydrogen) atoms. The summed E-state index contributed by atoms with van der Waals surface area (Å²) in [5, 5.41) is 5.17. The van der Waals surface area contributed by atoms with Crippen molar-refractivity contribution in [1.82, 2.24) is 9.66 Å². The van der Waals surface area contributed by atoms with Gasteiger partial charge in [-0.25, -0.2) is 4.98 Å². The smallest absolute Gasteiger partial charge is 0.282 e. The highest BCUT2D eigenvalue weighted by atomic mass is 32.1. The molecule has 1 amide bonds. The largest absolute Gasteiger partial charge is 0.306 e. The number of carbonyl (C=O) groups is 1. The van der Waals surface area contributed by atoms with Crippen LogP contribution < -0.4 is 10.5 Å². The minimum Gasteiger partial charge on any atom is -0.306 e. The molecule has 7 heteroatoms. The molecule has 0 atom stereocenters. The Morgan fingerprint density at radius 3 is 2.86 bits per heavy atom. The van der Waals surface area contributed by atoms with Crippen LogP contribution in [-0.4, -0.2) is 27.8 Å². The average molecular weight is 407 g/mol. The number of amides is 1. The van der Waals surface area contributed by atoms with Gasteiger partial charge in [0, 0.05) is 17.0 Å². The van der Waals surface area contributed by atoms with Gasteiger partial charge in [-0.2, -0.15) is 9.78 Å². The number of para-hydroxylation sites is 1. The van der Waals surface area contributed by atoms with Crippen molar-refractivity contribution in [2.24, 2.45) is 5.10 Å². The summed E-state index contributed by atoms with van der Waals surface area (Å²) in [6, 6.07) is 7.64. The zero-order valence-electron chi connectivity index (χ0n) is 16.4. The number of rotatable bonds is 4. The van der Waals surface area contributed by atoms with Crippen LogP contribution in [0.15, 0.2) is 40.5 Å².